The van der Waals surface area contributed by atoms with Crippen LogP contribution in [0.3, 0.4) is 0 Å². The normalized spacial score (nSPS) is 11.3. The Morgan fingerprint density at radius 3 is 2.29 bits per heavy atom. The van der Waals surface area contributed by atoms with Crippen LogP contribution in [0.4, 0.5) is 4.39 Å². The second-order valence-electron chi connectivity index (χ2n) is 5.14. The maximum atomic E-state index is 12.8. The molecule has 5 nitrogen and oxygen atoms in total. The highest BCUT2D eigenvalue weighted by Gasteiger charge is 2.16. The highest BCUT2D eigenvalue weighted by atomic mass is 32.2. The van der Waals surface area contributed by atoms with Gasteiger partial charge < -0.3 is 9.47 Å². The minimum absolute atomic E-state index is 0.113. The second kappa shape index (κ2) is 8.12. The molecule has 2 aromatic carbocycles. The van der Waals surface area contributed by atoms with Gasteiger partial charge in [0.1, 0.15) is 5.82 Å². The van der Waals surface area contributed by atoms with Gasteiger partial charge in [-0.25, -0.2) is 17.5 Å². The molecule has 0 aliphatic heterocycles. The van der Waals surface area contributed by atoms with Gasteiger partial charge >= 0.3 is 0 Å². The lowest BCUT2D eigenvalue weighted by Gasteiger charge is -2.11. The molecule has 0 heterocycles. The van der Waals surface area contributed by atoms with E-state index < -0.39 is 10.0 Å². The summed E-state index contributed by atoms with van der Waals surface area (Å²) < 4.78 is 50.2. The average Bonchev–Trinajstić information content (AvgIpc) is 2.59. The van der Waals surface area contributed by atoms with Crippen molar-refractivity contribution in [3.05, 3.63) is 53.8 Å². The van der Waals surface area contributed by atoms with Crippen LogP contribution >= 0.6 is 0 Å². The van der Waals surface area contributed by atoms with Crippen molar-refractivity contribution in [2.75, 3.05) is 20.8 Å². The summed E-state index contributed by atoms with van der Waals surface area (Å²) in [6.45, 7) is 0.286. The zero-order valence-corrected chi connectivity index (χ0v) is 14.4. The third kappa shape index (κ3) is 4.69. The topological polar surface area (TPSA) is 64.6 Å². The summed E-state index contributed by atoms with van der Waals surface area (Å²) in [6.07, 6.45) is 1.27. The Kier molecular flexibility index (Phi) is 6.16. The van der Waals surface area contributed by atoms with Crippen LogP contribution in [0.25, 0.3) is 0 Å². The number of nitrogens with one attached hydrogen (secondary N) is 1. The molecule has 0 saturated heterocycles. The number of rotatable bonds is 8. The molecule has 0 aromatic heterocycles. The first-order valence-electron chi connectivity index (χ1n) is 7.42. The number of aryl methyl sites for hydroxylation is 1. The molecule has 1 N–H and O–H groups in total. The highest BCUT2D eigenvalue weighted by molar-refractivity contribution is 7.89. The fourth-order valence-corrected chi connectivity index (χ4v) is 3.31. The summed E-state index contributed by atoms with van der Waals surface area (Å²) in [5.74, 6) is 0.535. The number of ether oxygens (including phenoxy) is 2. The number of hydrogen-bond donors (Lipinski definition) is 1. The van der Waals surface area contributed by atoms with Crippen LogP contribution in [0.2, 0.25) is 0 Å². The molecule has 130 valence electrons. The molecule has 0 aliphatic rings. The van der Waals surface area contributed by atoms with E-state index in [2.05, 4.69) is 4.72 Å². The minimum atomic E-state index is -3.62. The van der Waals surface area contributed by atoms with Crippen molar-refractivity contribution >= 4 is 10.0 Å². The van der Waals surface area contributed by atoms with Gasteiger partial charge in [0.05, 0.1) is 19.1 Å². The molecular formula is C17H20FNO4S. The lowest BCUT2D eigenvalue weighted by molar-refractivity contribution is 0.354. The van der Waals surface area contributed by atoms with E-state index in [0.717, 1.165) is 5.56 Å². The monoisotopic (exact) mass is 353 g/mol. The van der Waals surface area contributed by atoms with E-state index in [1.165, 1.54) is 38.5 Å². The summed E-state index contributed by atoms with van der Waals surface area (Å²) in [7, 11) is -0.690. The van der Waals surface area contributed by atoms with Crippen molar-refractivity contribution in [1.29, 1.82) is 0 Å². The first kappa shape index (κ1) is 18.2. The molecule has 0 atom stereocenters. The molecule has 0 bridgehead atoms. The van der Waals surface area contributed by atoms with Gasteiger partial charge in [0.25, 0.3) is 0 Å². The van der Waals surface area contributed by atoms with Crippen LogP contribution in [0, 0.1) is 5.82 Å². The van der Waals surface area contributed by atoms with E-state index in [4.69, 9.17) is 9.47 Å². The molecule has 0 amide bonds. The van der Waals surface area contributed by atoms with Gasteiger partial charge in [-0.15, -0.1) is 0 Å². The van der Waals surface area contributed by atoms with E-state index in [0.29, 0.717) is 24.3 Å². The van der Waals surface area contributed by atoms with E-state index in [9.17, 15) is 12.8 Å². The van der Waals surface area contributed by atoms with Gasteiger partial charge in [0, 0.05) is 12.6 Å². The zero-order valence-electron chi connectivity index (χ0n) is 13.6. The van der Waals surface area contributed by atoms with E-state index in [-0.39, 0.29) is 17.3 Å². The van der Waals surface area contributed by atoms with E-state index in [1.54, 1.807) is 18.2 Å². The molecule has 0 spiro atoms. The van der Waals surface area contributed by atoms with Crippen molar-refractivity contribution in [2.45, 2.75) is 17.7 Å². The highest BCUT2D eigenvalue weighted by Crippen LogP contribution is 2.29. The molecular weight excluding hydrogens is 333 g/mol. The Bertz CT molecular complexity index is 776. The predicted octanol–water partition coefficient (Wildman–Crippen LogP) is 2.75. The summed E-state index contributed by atoms with van der Waals surface area (Å²) in [5, 5.41) is 0. The van der Waals surface area contributed by atoms with Crippen molar-refractivity contribution in [1.82, 2.24) is 4.72 Å². The number of sulfonamides is 1. The second-order valence-corrected chi connectivity index (χ2v) is 6.91. The zero-order chi connectivity index (χ0) is 17.6. The summed E-state index contributed by atoms with van der Waals surface area (Å²) in [4.78, 5) is 0.113. The van der Waals surface area contributed by atoms with Gasteiger partial charge in [-0.2, -0.15) is 0 Å². The molecule has 0 radical (unpaired) electrons. The van der Waals surface area contributed by atoms with Crippen LogP contribution < -0.4 is 14.2 Å². The van der Waals surface area contributed by atoms with Crippen molar-refractivity contribution < 1.29 is 22.3 Å². The fourth-order valence-electron chi connectivity index (χ4n) is 2.22. The van der Waals surface area contributed by atoms with Crippen LogP contribution in [-0.4, -0.2) is 29.2 Å². The Morgan fingerprint density at radius 2 is 1.67 bits per heavy atom. The summed E-state index contributed by atoms with van der Waals surface area (Å²) in [6, 6.07) is 10.6. The van der Waals surface area contributed by atoms with Gasteiger partial charge in [0.15, 0.2) is 11.5 Å². The Balaban J connectivity index is 1.94. The van der Waals surface area contributed by atoms with Crippen molar-refractivity contribution in [3.63, 3.8) is 0 Å². The van der Waals surface area contributed by atoms with Crippen LogP contribution in [-0.2, 0) is 16.4 Å². The Hall–Kier alpha value is -2.12. The van der Waals surface area contributed by atoms with Crippen LogP contribution in [0.15, 0.2) is 47.4 Å². The molecule has 2 rings (SSSR count). The van der Waals surface area contributed by atoms with E-state index >= 15 is 0 Å². The first-order valence-corrected chi connectivity index (χ1v) is 8.90. The number of methoxy groups -OCH3 is 2. The Labute approximate surface area is 141 Å². The number of hydrogen-bond acceptors (Lipinski definition) is 4. The quantitative estimate of drug-likeness (QED) is 0.741. The maximum Gasteiger partial charge on any atom is 0.240 e. The molecule has 2 aromatic rings. The number of benzene rings is 2. The predicted molar refractivity (Wildman–Crippen MR) is 89.5 cm³/mol. The molecule has 7 heteroatoms. The maximum absolute atomic E-state index is 12.8. The summed E-state index contributed by atoms with van der Waals surface area (Å²) >= 11 is 0. The van der Waals surface area contributed by atoms with Crippen molar-refractivity contribution in [2.24, 2.45) is 0 Å². The largest absolute Gasteiger partial charge is 0.493 e. The van der Waals surface area contributed by atoms with Gasteiger partial charge in [-0.1, -0.05) is 12.1 Å². The van der Waals surface area contributed by atoms with Crippen LogP contribution in [0.1, 0.15) is 12.0 Å². The van der Waals surface area contributed by atoms with Gasteiger partial charge in [-0.05, 0) is 42.7 Å². The lowest BCUT2D eigenvalue weighted by Crippen LogP contribution is -2.25. The summed E-state index contributed by atoms with van der Waals surface area (Å²) in [5.41, 5.74) is 0.960. The smallest absolute Gasteiger partial charge is 0.240 e. The van der Waals surface area contributed by atoms with Crippen LogP contribution in [0.5, 0.6) is 11.5 Å². The molecule has 0 aliphatic carbocycles. The van der Waals surface area contributed by atoms with Gasteiger partial charge in [-0.3, -0.25) is 0 Å². The molecule has 0 unspecified atom stereocenters. The lowest BCUT2D eigenvalue weighted by atomic mass is 10.1. The molecule has 0 saturated carbocycles. The third-order valence-electron chi connectivity index (χ3n) is 3.51. The van der Waals surface area contributed by atoms with E-state index in [1.807, 2.05) is 0 Å². The minimum Gasteiger partial charge on any atom is -0.493 e. The number of halogens is 1. The SMILES string of the molecule is COc1ccc(S(=O)(=O)NCCCc2ccc(F)cc2)cc1OC. The third-order valence-corrected chi connectivity index (χ3v) is 4.97. The molecule has 24 heavy (non-hydrogen) atoms. The fraction of sp³-hybridized carbons (Fsp3) is 0.294. The van der Waals surface area contributed by atoms with Crippen molar-refractivity contribution in [3.8, 4) is 11.5 Å². The van der Waals surface area contributed by atoms with Gasteiger partial charge in [0.2, 0.25) is 10.0 Å². The first-order chi connectivity index (χ1) is 11.5. The average molecular weight is 353 g/mol. The molecule has 0 fully saturated rings. The standard InChI is InChI=1S/C17H20FNO4S/c1-22-16-10-9-15(12-17(16)23-2)24(20,21)19-11-3-4-13-5-7-14(18)8-6-13/h5-10,12,19H,3-4,11H2,1-2H3. The Morgan fingerprint density at radius 1 is 1.00 bits per heavy atom.